The minimum Gasteiger partial charge on any atom is -0.454 e. The number of sulfonamides is 1. The van der Waals surface area contributed by atoms with E-state index in [2.05, 4.69) is 14.7 Å². The summed E-state index contributed by atoms with van der Waals surface area (Å²) in [7, 11) is -3.77. The Bertz CT molecular complexity index is 1280. The number of anilines is 1. The van der Waals surface area contributed by atoms with E-state index >= 15 is 0 Å². The third-order valence-electron chi connectivity index (χ3n) is 4.44. The minimum atomic E-state index is -3.77. The van der Waals surface area contributed by atoms with Gasteiger partial charge in [-0.1, -0.05) is 30.3 Å². The van der Waals surface area contributed by atoms with Crippen LogP contribution in [0.1, 0.15) is 0 Å². The standard InChI is InChI=1S/C20H15N3O4S/c24-28(25,23-14-6-9-18-19(10-14)27-12-26-18)15-7-8-16-17(11-15)22-20(21-16)13-4-2-1-3-5-13/h1-11,23H,12H2,(H,21,22). The van der Waals surface area contributed by atoms with Gasteiger partial charge in [-0.2, -0.15) is 0 Å². The summed E-state index contributed by atoms with van der Waals surface area (Å²) in [5.74, 6) is 1.79. The molecule has 0 radical (unpaired) electrons. The first-order valence-electron chi connectivity index (χ1n) is 8.56. The number of hydrogen-bond donors (Lipinski definition) is 2. The van der Waals surface area contributed by atoms with E-state index in [1.54, 1.807) is 30.3 Å². The second-order valence-electron chi connectivity index (χ2n) is 6.30. The van der Waals surface area contributed by atoms with Gasteiger partial charge in [-0.15, -0.1) is 0 Å². The van der Waals surface area contributed by atoms with Gasteiger partial charge in [0.25, 0.3) is 10.0 Å². The van der Waals surface area contributed by atoms with Crippen LogP contribution in [-0.4, -0.2) is 25.2 Å². The Labute approximate surface area is 161 Å². The maximum atomic E-state index is 12.8. The van der Waals surface area contributed by atoms with Gasteiger partial charge in [-0.3, -0.25) is 4.72 Å². The fraction of sp³-hybridized carbons (Fsp3) is 0.0500. The molecular formula is C20H15N3O4S. The Morgan fingerprint density at radius 2 is 1.75 bits per heavy atom. The smallest absolute Gasteiger partial charge is 0.261 e. The minimum absolute atomic E-state index is 0.131. The molecule has 3 aromatic carbocycles. The molecule has 0 aliphatic carbocycles. The van der Waals surface area contributed by atoms with Crippen molar-refractivity contribution in [2.75, 3.05) is 11.5 Å². The Morgan fingerprint density at radius 3 is 2.61 bits per heavy atom. The largest absolute Gasteiger partial charge is 0.454 e. The second kappa shape index (κ2) is 6.28. The molecule has 1 aliphatic heterocycles. The molecule has 1 aliphatic rings. The number of benzene rings is 3. The van der Waals surface area contributed by atoms with E-state index in [0.717, 1.165) is 5.56 Å². The lowest BCUT2D eigenvalue weighted by Crippen LogP contribution is -2.12. The predicted molar refractivity (Wildman–Crippen MR) is 105 cm³/mol. The van der Waals surface area contributed by atoms with Crippen LogP contribution >= 0.6 is 0 Å². The molecular weight excluding hydrogens is 378 g/mol. The molecule has 2 heterocycles. The topological polar surface area (TPSA) is 93.3 Å². The summed E-state index contributed by atoms with van der Waals surface area (Å²) < 4.78 is 38.7. The SMILES string of the molecule is O=S(=O)(Nc1ccc2c(c1)OCO2)c1ccc2nc(-c3ccccc3)[nH]c2c1. The first kappa shape index (κ1) is 16.6. The van der Waals surface area contributed by atoms with E-state index in [-0.39, 0.29) is 11.7 Å². The van der Waals surface area contributed by atoms with Crippen LogP contribution in [-0.2, 0) is 10.0 Å². The number of imidazole rings is 1. The number of nitrogens with one attached hydrogen (secondary N) is 2. The Hall–Kier alpha value is -3.52. The summed E-state index contributed by atoms with van der Waals surface area (Å²) in [6.07, 6.45) is 0. The lowest BCUT2D eigenvalue weighted by Gasteiger charge is -2.08. The molecule has 0 atom stereocenters. The number of fused-ring (bicyclic) bond motifs is 2. The molecule has 7 nitrogen and oxygen atoms in total. The lowest BCUT2D eigenvalue weighted by atomic mass is 10.2. The first-order valence-corrected chi connectivity index (χ1v) is 10.0. The molecule has 2 N–H and O–H groups in total. The molecule has 0 saturated carbocycles. The van der Waals surface area contributed by atoms with Crippen molar-refractivity contribution in [2.45, 2.75) is 4.90 Å². The van der Waals surface area contributed by atoms with Crippen LogP contribution in [0.2, 0.25) is 0 Å². The summed E-state index contributed by atoms with van der Waals surface area (Å²) in [5.41, 5.74) is 2.67. The fourth-order valence-electron chi connectivity index (χ4n) is 3.06. The van der Waals surface area contributed by atoms with E-state index in [0.29, 0.717) is 34.0 Å². The third-order valence-corrected chi connectivity index (χ3v) is 5.81. The van der Waals surface area contributed by atoms with Crippen molar-refractivity contribution in [2.24, 2.45) is 0 Å². The first-order chi connectivity index (χ1) is 13.6. The highest BCUT2D eigenvalue weighted by Crippen LogP contribution is 2.35. The van der Waals surface area contributed by atoms with Crippen molar-refractivity contribution in [3.63, 3.8) is 0 Å². The summed E-state index contributed by atoms with van der Waals surface area (Å²) in [5, 5.41) is 0. The van der Waals surface area contributed by atoms with Crippen molar-refractivity contribution in [1.29, 1.82) is 0 Å². The number of rotatable bonds is 4. The molecule has 0 unspecified atom stereocenters. The van der Waals surface area contributed by atoms with Gasteiger partial charge in [0.15, 0.2) is 11.5 Å². The van der Waals surface area contributed by atoms with E-state index in [9.17, 15) is 8.42 Å². The highest BCUT2D eigenvalue weighted by atomic mass is 32.2. The van der Waals surface area contributed by atoms with Gasteiger partial charge in [0.05, 0.1) is 21.6 Å². The number of aromatic nitrogens is 2. The van der Waals surface area contributed by atoms with Crippen LogP contribution < -0.4 is 14.2 Å². The van der Waals surface area contributed by atoms with Gasteiger partial charge in [-0.25, -0.2) is 13.4 Å². The molecule has 0 amide bonds. The number of hydrogen-bond acceptors (Lipinski definition) is 5. The molecule has 4 aromatic rings. The molecule has 8 heteroatoms. The zero-order valence-corrected chi connectivity index (χ0v) is 15.4. The molecule has 5 rings (SSSR count). The monoisotopic (exact) mass is 393 g/mol. The molecule has 0 spiro atoms. The van der Waals surface area contributed by atoms with E-state index < -0.39 is 10.0 Å². The Morgan fingerprint density at radius 1 is 0.929 bits per heavy atom. The average molecular weight is 393 g/mol. The quantitative estimate of drug-likeness (QED) is 0.551. The van der Waals surface area contributed by atoms with Crippen LogP contribution in [0.15, 0.2) is 71.6 Å². The van der Waals surface area contributed by atoms with Gasteiger partial charge in [0, 0.05) is 11.6 Å². The van der Waals surface area contributed by atoms with Crippen LogP contribution in [0.25, 0.3) is 22.4 Å². The van der Waals surface area contributed by atoms with Crippen molar-refractivity contribution in [3.8, 4) is 22.9 Å². The number of ether oxygens (including phenoxy) is 2. The van der Waals surface area contributed by atoms with Crippen LogP contribution in [0.5, 0.6) is 11.5 Å². The average Bonchev–Trinajstić information content (AvgIpc) is 3.34. The zero-order valence-electron chi connectivity index (χ0n) is 14.5. The second-order valence-corrected chi connectivity index (χ2v) is 7.99. The van der Waals surface area contributed by atoms with Crippen LogP contribution in [0.3, 0.4) is 0 Å². The predicted octanol–water partition coefficient (Wildman–Crippen LogP) is 3.76. The van der Waals surface area contributed by atoms with Gasteiger partial charge in [-0.05, 0) is 30.3 Å². The number of nitrogens with zero attached hydrogens (tertiary/aromatic N) is 1. The summed E-state index contributed by atoms with van der Waals surface area (Å²) in [6, 6.07) is 19.4. The Balaban J connectivity index is 1.47. The van der Waals surface area contributed by atoms with Gasteiger partial charge >= 0.3 is 0 Å². The van der Waals surface area contributed by atoms with E-state index in [1.165, 1.54) is 6.07 Å². The molecule has 28 heavy (non-hydrogen) atoms. The van der Waals surface area contributed by atoms with E-state index in [4.69, 9.17) is 9.47 Å². The fourth-order valence-corrected chi connectivity index (χ4v) is 4.14. The number of H-pyrrole nitrogens is 1. The molecule has 1 aromatic heterocycles. The number of aromatic amines is 1. The van der Waals surface area contributed by atoms with E-state index in [1.807, 2.05) is 30.3 Å². The molecule has 0 bridgehead atoms. The summed E-state index contributed by atoms with van der Waals surface area (Å²) >= 11 is 0. The maximum absolute atomic E-state index is 12.8. The summed E-state index contributed by atoms with van der Waals surface area (Å²) in [6.45, 7) is 0.131. The van der Waals surface area contributed by atoms with Gasteiger partial charge in [0.1, 0.15) is 5.82 Å². The van der Waals surface area contributed by atoms with Crippen LogP contribution in [0, 0.1) is 0 Å². The van der Waals surface area contributed by atoms with Crippen molar-refractivity contribution < 1.29 is 17.9 Å². The molecule has 140 valence electrons. The highest BCUT2D eigenvalue weighted by molar-refractivity contribution is 7.92. The van der Waals surface area contributed by atoms with Crippen molar-refractivity contribution in [1.82, 2.24) is 9.97 Å². The summed E-state index contributed by atoms with van der Waals surface area (Å²) in [4.78, 5) is 7.85. The molecule has 0 saturated heterocycles. The van der Waals surface area contributed by atoms with Crippen molar-refractivity contribution in [3.05, 3.63) is 66.7 Å². The Kier molecular flexibility index (Phi) is 3.73. The lowest BCUT2D eigenvalue weighted by molar-refractivity contribution is 0.174. The maximum Gasteiger partial charge on any atom is 0.261 e. The third kappa shape index (κ3) is 2.93. The van der Waals surface area contributed by atoms with Gasteiger partial charge in [0.2, 0.25) is 6.79 Å². The highest BCUT2D eigenvalue weighted by Gasteiger charge is 2.19. The zero-order chi connectivity index (χ0) is 19.1. The molecule has 0 fully saturated rings. The van der Waals surface area contributed by atoms with Crippen molar-refractivity contribution >= 4 is 26.7 Å². The normalized spacial score (nSPS) is 13.0. The van der Waals surface area contributed by atoms with Crippen LogP contribution in [0.4, 0.5) is 5.69 Å². The van der Waals surface area contributed by atoms with Gasteiger partial charge < -0.3 is 14.5 Å².